The topological polar surface area (TPSA) is 61.6 Å². The summed E-state index contributed by atoms with van der Waals surface area (Å²) < 4.78 is 15.7. The molecule has 0 radical (unpaired) electrons. The number of benzene rings is 1. The minimum absolute atomic E-state index is 0.101. The van der Waals surface area contributed by atoms with E-state index in [9.17, 15) is 4.79 Å². The summed E-state index contributed by atoms with van der Waals surface area (Å²) in [6.07, 6.45) is 1.78. The van der Waals surface area contributed by atoms with E-state index in [-0.39, 0.29) is 19.0 Å². The average molecular weight is 329 g/mol. The van der Waals surface area contributed by atoms with E-state index in [1.165, 1.54) is 17.6 Å². The monoisotopic (exact) mass is 329 g/mol. The van der Waals surface area contributed by atoms with Crippen LogP contribution in [0.1, 0.15) is 10.6 Å². The van der Waals surface area contributed by atoms with E-state index in [1.54, 1.807) is 7.11 Å². The Balaban J connectivity index is 1.57. The SMILES string of the molecule is COc1ccc(-c2nc(COC(=O)Cc3cccs3)co2)cc1. The van der Waals surface area contributed by atoms with Crippen LogP contribution < -0.4 is 4.74 Å². The molecule has 3 rings (SSSR count). The van der Waals surface area contributed by atoms with Crippen LogP contribution in [0.15, 0.2) is 52.5 Å². The van der Waals surface area contributed by atoms with E-state index in [0.717, 1.165) is 16.2 Å². The lowest BCUT2D eigenvalue weighted by molar-refractivity contribution is -0.144. The Morgan fingerprint density at radius 3 is 2.78 bits per heavy atom. The van der Waals surface area contributed by atoms with Gasteiger partial charge in [-0.1, -0.05) is 6.07 Å². The van der Waals surface area contributed by atoms with Crippen molar-refractivity contribution in [3.63, 3.8) is 0 Å². The van der Waals surface area contributed by atoms with Gasteiger partial charge in [-0.2, -0.15) is 0 Å². The van der Waals surface area contributed by atoms with Crippen molar-refractivity contribution >= 4 is 17.3 Å². The van der Waals surface area contributed by atoms with Crippen LogP contribution >= 0.6 is 11.3 Å². The number of hydrogen-bond acceptors (Lipinski definition) is 6. The van der Waals surface area contributed by atoms with E-state index >= 15 is 0 Å². The van der Waals surface area contributed by atoms with Crippen molar-refractivity contribution in [1.29, 1.82) is 0 Å². The van der Waals surface area contributed by atoms with Crippen molar-refractivity contribution in [2.24, 2.45) is 0 Å². The highest BCUT2D eigenvalue weighted by atomic mass is 32.1. The van der Waals surface area contributed by atoms with E-state index in [4.69, 9.17) is 13.9 Å². The van der Waals surface area contributed by atoms with Gasteiger partial charge in [0, 0.05) is 10.4 Å². The maximum atomic E-state index is 11.7. The lowest BCUT2D eigenvalue weighted by atomic mass is 10.2. The third kappa shape index (κ3) is 3.98. The van der Waals surface area contributed by atoms with Gasteiger partial charge in [-0.3, -0.25) is 4.79 Å². The molecule has 6 heteroatoms. The highest BCUT2D eigenvalue weighted by Crippen LogP contribution is 2.22. The molecule has 2 heterocycles. The lowest BCUT2D eigenvalue weighted by Gasteiger charge is -2.01. The highest BCUT2D eigenvalue weighted by molar-refractivity contribution is 7.10. The van der Waals surface area contributed by atoms with Crippen LogP contribution in [0.4, 0.5) is 0 Å². The molecule has 23 heavy (non-hydrogen) atoms. The van der Waals surface area contributed by atoms with Crippen LogP contribution in [0, 0.1) is 0 Å². The lowest BCUT2D eigenvalue weighted by Crippen LogP contribution is -2.07. The Bertz CT molecular complexity index is 762. The smallest absolute Gasteiger partial charge is 0.311 e. The standard InChI is InChI=1S/C17H15NO4S/c1-20-14-6-4-12(5-7-14)17-18-13(11-22-17)10-21-16(19)9-15-3-2-8-23-15/h2-8,11H,9-10H2,1H3. The zero-order chi connectivity index (χ0) is 16.1. The zero-order valence-electron chi connectivity index (χ0n) is 12.5. The molecule has 0 amide bonds. The molecule has 0 aliphatic carbocycles. The van der Waals surface area contributed by atoms with Crippen molar-refractivity contribution in [1.82, 2.24) is 4.98 Å². The van der Waals surface area contributed by atoms with Gasteiger partial charge in [0.25, 0.3) is 0 Å². The predicted molar refractivity (Wildman–Crippen MR) is 86.3 cm³/mol. The first kappa shape index (κ1) is 15.3. The average Bonchev–Trinajstić information content (AvgIpc) is 3.25. The molecule has 118 valence electrons. The number of ether oxygens (including phenoxy) is 2. The van der Waals surface area contributed by atoms with Crippen LogP contribution in [0.5, 0.6) is 5.75 Å². The fourth-order valence-electron chi connectivity index (χ4n) is 2.00. The molecule has 0 saturated carbocycles. The van der Waals surface area contributed by atoms with Crippen molar-refractivity contribution < 1.29 is 18.7 Å². The van der Waals surface area contributed by atoms with E-state index in [0.29, 0.717) is 11.6 Å². The number of hydrogen-bond donors (Lipinski definition) is 0. The number of esters is 1. The number of rotatable bonds is 6. The Hall–Kier alpha value is -2.60. The van der Waals surface area contributed by atoms with Crippen LogP contribution in [0.3, 0.4) is 0 Å². The number of aromatic nitrogens is 1. The van der Waals surface area contributed by atoms with Gasteiger partial charge in [-0.15, -0.1) is 11.3 Å². The number of nitrogens with zero attached hydrogens (tertiary/aromatic N) is 1. The first-order chi connectivity index (χ1) is 11.2. The molecular formula is C17H15NO4S. The number of carbonyl (C=O) groups is 1. The zero-order valence-corrected chi connectivity index (χ0v) is 13.3. The minimum Gasteiger partial charge on any atom is -0.497 e. The van der Waals surface area contributed by atoms with Gasteiger partial charge in [-0.25, -0.2) is 4.98 Å². The fourth-order valence-corrected chi connectivity index (χ4v) is 2.69. The Morgan fingerprint density at radius 1 is 1.26 bits per heavy atom. The van der Waals surface area contributed by atoms with Gasteiger partial charge >= 0.3 is 5.97 Å². The molecule has 3 aromatic rings. The molecule has 0 atom stereocenters. The summed E-state index contributed by atoms with van der Waals surface area (Å²) in [7, 11) is 1.61. The molecule has 0 saturated heterocycles. The van der Waals surface area contributed by atoms with Gasteiger partial charge in [0.15, 0.2) is 0 Å². The van der Waals surface area contributed by atoms with E-state index in [1.807, 2.05) is 41.8 Å². The first-order valence-corrected chi connectivity index (χ1v) is 7.89. The van der Waals surface area contributed by atoms with Crippen LogP contribution in [-0.2, 0) is 22.6 Å². The molecule has 2 aromatic heterocycles. The number of methoxy groups -OCH3 is 1. The summed E-state index contributed by atoms with van der Waals surface area (Å²) in [6.45, 7) is 0.101. The summed E-state index contributed by atoms with van der Waals surface area (Å²) in [5, 5.41) is 1.93. The van der Waals surface area contributed by atoms with Gasteiger partial charge in [0.2, 0.25) is 5.89 Å². The summed E-state index contributed by atoms with van der Waals surface area (Å²) in [4.78, 5) is 17.0. The summed E-state index contributed by atoms with van der Waals surface area (Å²) >= 11 is 1.53. The van der Waals surface area contributed by atoms with Gasteiger partial charge in [0.1, 0.15) is 24.3 Å². The van der Waals surface area contributed by atoms with E-state index < -0.39 is 0 Å². The third-order valence-corrected chi connectivity index (χ3v) is 4.04. The second-order valence-electron chi connectivity index (χ2n) is 4.79. The second kappa shape index (κ2) is 7.11. The van der Waals surface area contributed by atoms with Crippen molar-refractivity contribution in [3.05, 3.63) is 58.6 Å². The maximum Gasteiger partial charge on any atom is 0.311 e. The number of thiophene rings is 1. The largest absolute Gasteiger partial charge is 0.497 e. The summed E-state index contributed by atoms with van der Waals surface area (Å²) in [5.74, 6) is 0.974. The van der Waals surface area contributed by atoms with Gasteiger partial charge in [0.05, 0.1) is 13.5 Å². The second-order valence-corrected chi connectivity index (χ2v) is 5.82. The molecule has 0 fully saturated rings. The number of oxazole rings is 1. The molecule has 1 aromatic carbocycles. The molecular weight excluding hydrogens is 314 g/mol. The molecule has 0 spiro atoms. The fraction of sp³-hybridized carbons (Fsp3) is 0.176. The molecule has 0 aliphatic heterocycles. The summed E-state index contributed by atoms with van der Waals surface area (Å²) in [5.41, 5.74) is 1.41. The predicted octanol–water partition coefficient (Wildman–Crippen LogP) is 3.70. The van der Waals surface area contributed by atoms with Gasteiger partial charge < -0.3 is 13.9 Å². The maximum absolute atomic E-state index is 11.7. The first-order valence-electron chi connectivity index (χ1n) is 7.01. The molecule has 5 nitrogen and oxygen atoms in total. The van der Waals surface area contributed by atoms with Crippen molar-refractivity contribution in [2.45, 2.75) is 13.0 Å². The van der Waals surface area contributed by atoms with E-state index in [2.05, 4.69) is 4.98 Å². The van der Waals surface area contributed by atoms with Gasteiger partial charge in [-0.05, 0) is 35.7 Å². The van der Waals surface area contributed by atoms with Crippen molar-refractivity contribution in [3.8, 4) is 17.2 Å². The Kier molecular flexibility index (Phi) is 4.73. The van der Waals surface area contributed by atoms with Crippen molar-refractivity contribution in [2.75, 3.05) is 7.11 Å². The normalized spacial score (nSPS) is 10.5. The molecule has 0 aliphatic rings. The van der Waals surface area contributed by atoms with Crippen LogP contribution in [-0.4, -0.2) is 18.1 Å². The van der Waals surface area contributed by atoms with Crippen LogP contribution in [0.2, 0.25) is 0 Å². The number of carbonyl (C=O) groups excluding carboxylic acids is 1. The quantitative estimate of drug-likeness (QED) is 0.645. The molecule has 0 N–H and O–H groups in total. The Labute approximate surface area is 137 Å². The molecule has 0 bridgehead atoms. The highest BCUT2D eigenvalue weighted by Gasteiger charge is 2.10. The Morgan fingerprint density at radius 2 is 2.09 bits per heavy atom. The third-order valence-electron chi connectivity index (χ3n) is 3.17. The van der Waals surface area contributed by atoms with Crippen LogP contribution in [0.25, 0.3) is 11.5 Å². The minimum atomic E-state index is -0.276. The molecule has 0 unspecified atom stereocenters. The summed E-state index contributed by atoms with van der Waals surface area (Å²) in [6, 6.07) is 11.2.